The molecule has 20 heavy (non-hydrogen) atoms. The van der Waals surface area contributed by atoms with Crippen LogP contribution in [0.2, 0.25) is 0 Å². The summed E-state index contributed by atoms with van der Waals surface area (Å²) in [7, 11) is 0. The Hall–Kier alpha value is -2.26. The second kappa shape index (κ2) is 5.80. The Kier molecular flexibility index (Phi) is 4.11. The summed E-state index contributed by atoms with van der Waals surface area (Å²) in [6.07, 6.45) is -0.0994. The number of nitrogens with zero attached hydrogens (tertiary/aromatic N) is 2. The number of anilines is 1. The van der Waals surface area contributed by atoms with Gasteiger partial charge in [0, 0.05) is 25.3 Å². The van der Waals surface area contributed by atoms with Crippen LogP contribution in [-0.2, 0) is 0 Å². The number of likely N-dealkylation sites (tertiary alicyclic amines) is 1. The largest absolute Gasteiger partial charge is 0.465 e. The fourth-order valence-corrected chi connectivity index (χ4v) is 2.22. The number of nitrogens with one attached hydrogen (secondary N) is 1. The van der Waals surface area contributed by atoms with Crippen LogP contribution in [0.4, 0.5) is 10.5 Å². The zero-order chi connectivity index (χ0) is 14.6. The van der Waals surface area contributed by atoms with Crippen LogP contribution in [0.25, 0.3) is 0 Å². The Balaban J connectivity index is 1.87. The zero-order valence-electron chi connectivity index (χ0n) is 11.0. The predicted molar refractivity (Wildman–Crippen MR) is 73.4 cm³/mol. The number of carbonyl (C=O) groups is 1. The molecule has 0 bridgehead atoms. The molecule has 0 unspecified atom stereocenters. The lowest BCUT2D eigenvalue weighted by atomic mass is 9.91. The molecular weight excluding hydrogens is 258 g/mol. The van der Waals surface area contributed by atoms with Gasteiger partial charge in [0.15, 0.2) is 0 Å². The van der Waals surface area contributed by atoms with Crippen molar-refractivity contribution in [3.63, 3.8) is 0 Å². The van der Waals surface area contributed by atoms with Crippen molar-refractivity contribution in [3.05, 3.63) is 29.8 Å². The number of nitriles is 1. The molecule has 0 aliphatic carbocycles. The van der Waals surface area contributed by atoms with Gasteiger partial charge in [0.05, 0.1) is 17.2 Å². The molecule has 0 aromatic heterocycles. The van der Waals surface area contributed by atoms with Gasteiger partial charge in [-0.3, -0.25) is 0 Å². The molecule has 1 heterocycles. The molecule has 106 valence electrons. The summed E-state index contributed by atoms with van der Waals surface area (Å²) in [6.45, 7) is 1.06. The summed E-state index contributed by atoms with van der Waals surface area (Å²) < 4.78 is 0. The van der Waals surface area contributed by atoms with Crippen LogP contribution in [0.15, 0.2) is 24.3 Å². The maximum absolute atomic E-state index is 10.8. The molecule has 0 atom stereocenters. The van der Waals surface area contributed by atoms with Crippen molar-refractivity contribution in [2.75, 3.05) is 25.0 Å². The summed E-state index contributed by atoms with van der Waals surface area (Å²) in [6, 6.07) is 9.03. The number of benzene rings is 1. The van der Waals surface area contributed by atoms with Crippen LogP contribution < -0.4 is 5.32 Å². The third-order valence-electron chi connectivity index (χ3n) is 3.60. The quantitative estimate of drug-likeness (QED) is 0.776. The zero-order valence-corrected chi connectivity index (χ0v) is 11.0. The molecule has 0 saturated carbocycles. The number of rotatable bonds is 3. The first-order valence-corrected chi connectivity index (χ1v) is 6.47. The van der Waals surface area contributed by atoms with Gasteiger partial charge in [0.2, 0.25) is 0 Å². The monoisotopic (exact) mass is 275 g/mol. The lowest BCUT2D eigenvalue weighted by molar-refractivity contribution is -0.00587. The summed E-state index contributed by atoms with van der Waals surface area (Å²) >= 11 is 0. The van der Waals surface area contributed by atoms with Crippen molar-refractivity contribution < 1.29 is 15.0 Å². The lowest BCUT2D eigenvalue weighted by Crippen LogP contribution is -2.49. The predicted octanol–water partition coefficient (Wildman–Crippen LogP) is 1.48. The maximum atomic E-state index is 10.8. The van der Waals surface area contributed by atoms with Gasteiger partial charge in [-0.05, 0) is 37.1 Å². The Morgan fingerprint density at radius 1 is 1.35 bits per heavy atom. The molecule has 6 nitrogen and oxygen atoms in total. The van der Waals surface area contributed by atoms with E-state index in [2.05, 4.69) is 5.32 Å². The summed E-state index contributed by atoms with van der Waals surface area (Å²) in [5, 5.41) is 31.1. The SMILES string of the molecule is N#Cc1ccc(NCC2(O)CCN(C(=O)O)CC2)cc1. The third kappa shape index (κ3) is 3.39. The highest BCUT2D eigenvalue weighted by Crippen LogP contribution is 2.23. The van der Waals surface area contributed by atoms with E-state index in [1.807, 2.05) is 6.07 Å². The Morgan fingerprint density at radius 2 is 1.95 bits per heavy atom. The van der Waals surface area contributed by atoms with E-state index in [1.165, 1.54) is 4.90 Å². The molecule has 3 N–H and O–H groups in total. The average Bonchev–Trinajstić information content (AvgIpc) is 2.46. The van der Waals surface area contributed by atoms with E-state index in [-0.39, 0.29) is 0 Å². The minimum absolute atomic E-state index is 0.348. The van der Waals surface area contributed by atoms with Crippen LogP contribution in [0.3, 0.4) is 0 Å². The fraction of sp³-hybridized carbons (Fsp3) is 0.429. The average molecular weight is 275 g/mol. The molecule has 0 spiro atoms. The van der Waals surface area contributed by atoms with E-state index in [9.17, 15) is 9.90 Å². The van der Waals surface area contributed by atoms with Crippen LogP contribution >= 0.6 is 0 Å². The van der Waals surface area contributed by atoms with Crippen LogP contribution in [0.5, 0.6) is 0 Å². The highest BCUT2D eigenvalue weighted by Gasteiger charge is 2.33. The van der Waals surface area contributed by atoms with Gasteiger partial charge in [-0.1, -0.05) is 0 Å². The molecule has 1 aromatic carbocycles. The first-order valence-electron chi connectivity index (χ1n) is 6.47. The molecule has 6 heteroatoms. The van der Waals surface area contributed by atoms with E-state index >= 15 is 0 Å². The second-order valence-corrected chi connectivity index (χ2v) is 5.04. The standard InChI is InChI=1S/C14H17N3O3/c15-9-11-1-3-12(4-2-11)16-10-14(20)5-7-17(8-6-14)13(18)19/h1-4,16,20H,5-8,10H2,(H,18,19). The molecular formula is C14H17N3O3. The second-order valence-electron chi connectivity index (χ2n) is 5.04. The van der Waals surface area contributed by atoms with Gasteiger partial charge in [-0.15, -0.1) is 0 Å². The first kappa shape index (κ1) is 14.2. The van der Waals surface area contributed by atoms with Crippen molar-refractivity contribution in [1.82, 2.24) is 4.90 Å². The number of piperidine rings is 1. The molecule has 1 aliphatic heterocycles. The number of hydrogen-bond donors (Lipinski definition) is 3. The highest BCUT2D eigenvalue weighted by molar-refractivity contribution is 5.65. The normalized spacial score (nSPS) is 17.3. The summed E-state index contributed by atoms with van der Waals surface area (Å²) in [5.41, 5.74) is 0.530. The smallest absolute Gasteiger partial charge is 0.407 e. The molecule has 2 rings (SSSR count). The van der Waals surface area contributed by atoms with Gasteiger partial charge in [0.1, 0.15) is 0 Å². The molecule has 0 radical (unpaired) electrons. The van der Waals surface area contributed by atoms with Gasteiger partial charge >= 0.3 is 6.09 Å². The number of carboxylic acid groups (broad SMARTS) is 1. The minimum Gasteiger partial charge on any atom is -0.465 e. The first-order chi connectivity index (χ1) is 9.52. The van der Waals surface area contributed by atoms with E-state index in [1.54, 1.807) is 24.3 Å². The molecule has 1 amide bonds. The van der Waals surface area contributed by atoms with Crippen LogP contribution in [-0.4, -0.2) is 46.4 Å². The van der Waals surface area contributed by atoms with Crippen LogP contribution in [0.1, 0.15) is 18.4 Å². The molecule has 1 aromatic rings. The Labute approximate surface area is 117 Å². The van der Waals surface area contributed by atoms with Gasteiger partial charge in [0.25, 0.3) is 0 Å². The molecule has 1 aliphatic rings. The number of amides is 1. The number of aliphatic hydroxyl groups is 1. The Bertz CT molecular complexity index is 513. The topological polar surface area (TPSA) is 96.6 Å². The lowest BCUT2D eigenvalue weighted by Gasteiger charge is -2.37. The fourth-order valence-electron chi connectivity index (χ4n) is 2.22. The summed E-state index contributed by atoms with van der Waals surface area (Å²) in [5.74, 6) is 0. The van der Waals surface area contributed by atoms with Gasteiger partial charge < -0.3 is 20.4 Å². The van der Waals surface area contributed by atoms with E-state index in [0.29, 0.717) is 38.0 Å². The van der Waals surface area contributed by atoms with E-state index in [0.717, 1.165) is 5.69 Å². The van der Waals surface area contributed by atoms with Crippen molar-refractivity contribution in [2.45, 2.75) is 18.4 Å². The van der Waals surface area contributed by atoms with Gasteiger partial charge in [-0.2, -0.15) is 5.26 Å². The van der Waals surface area contributed by atoms with E-state index < -0.39 is 11.7 Å². The van der Waals surface area contributed by atoms with E-state index in [4.69, 9.17) is 10.4 Å². The van der Waals surface area contributed by atoms with Crippen molar-refractivity contribution >= 4 is 11.8 Å². The van der Waals surface area contributed by atoms with Crippen molar-refractivity contribution in [3.8, 4) is 6.07 Å². The number of hydrogen-bond acceptors (Lipinski definition) is 4. The molecule has 1 saturated heterocycles. The minimum atomic E-state index is -0.938. The van der Waals surface area contributed by atoms with Gasteiger partial charge in [-0.25, -0.2) is 4.79 Å². The third-order valence-corrected chi connectivity index (χ3v) is 3.60. The maximum Gasteiger partial charge on any atom is 0.407 e. The highest BCUT2D eigenvalue weighted by atomic mass is 16.4. The molecule has 1 fully saturated rings. The summed E-state index contributed by atoms with van der Waals surface area (Å²) in [4.78, 5) is 12.1. The van der Waals surface area contributed by atoms with Crippen molar-refractivity contribution in [2.24, 2.45) is 0 Å². The van der Waals surface area contributed by atoms with Crippen molar-refractivity contribution in [1.29, 1.82) is 5.26 Å². The Morgan fingerprint density at radius 3 is 2.45 bits per heavy atom. The van der Waals surface area contributed by atoms with Crippen LogP contribution in [0, 0.1) is 11.3 Å².